The minimum absolute atomic E-state index is 0.138. The molecule has 0 spiro atoms. The highest BCUT2D eigenvalue weighted by Gasteiger charge is 2.36. The Hall–Kier alpha value is -3.90. The second-order valence-corrected chi connectivity index (χ2v) is 11.0. The maximum atomic E-state index is 13.1. The van der Waals surface area contributed by atoms with Crippen LogP contribution in [-0.2, 0) is 17.9 Å². The number of halogens is 1. The van der Waals surface area contributed by atoms with Crippen LogP contribution in [0.1, 0.15) is 23.6 Å². The van der Waals surface area contributed by atoms with Crippen molar-refractivity contribution in [2.75, 3.05) is 6.61 Å². The molecule has 5 rings (SSSR count). The van der Waals surface area contributed by atoms with Crippen molar-refractivity contribution in [1.82, 2.24) is 4.90 Å². The van der Waals surface area contributed by atoms with Gasteiger partial charge in [0.15, 0.2) is 11.5 Å². The van der Waals surface area contributed by atoms with E-state index in [4.69, 9.17) is 9.47 Å². The van der Waals surface area contributed by atoms with Gasteiger partial charge in [-0.05, 0) is 81.4 Å². The van der Waals surface area contributed by atoms with Gasteiger partial charge >= 0.3 is 0 Å². The van der Waals surface area contributed by atoms with Crippen LogP contribution in [0, 0.1) is 13.7 Å². The fourth-order valence-electron chi connectivity index (χ4n) is 4.42. The maximum absolute atomic E-state index is 13.1. The molecule has 1 aliphatic heterocycles. The molecule has 202 valence electrons. The highest BCUT2D eigenvalue weighted by Crippen LogP contribution is 2.39. The normalized spacial score (nSPS) is 14.2. The number of thioether (sulfide) groups is 1. The summed E-state index contributed by atoms with van der Waals surface area (Å²) in [5.74, 6) is 0.620. The minimum Gasteiger partial charge on any atom is -0.490 e. The van der Waals surface area contributed by atoms with Crippen molar-refractivity contribution in [3.8, 4) is 11.5 Å². The number of carbonyl (C=O) groups is 2. The third-order valence-electron chi connectivity index (χ3n) is 6.27. The van der Waals surface area contributed by atoms with Crippen molar-refractivity contribution in [2.45, 2.75) is 20.1 Å². The molecule has 0 unspecified atom stereocenters. The van der Waals surface area contributed by atoms with Crippen LogP contribution in [0.25, 0.3) is 16.8 Å². The van der Waals surface area contributed by atoms with Crippen LogP contribution in [0.2, 0.25) is 0 Å². The lowest BCUT2D eigenvalue weighted by molar-refractivity contribution is -0.385. The van der Waals surface area contributed by atoms with Crippen molar-refractivity contribution in [2.24, 2.45) is 0 Å². The molecule has 1 saturated heterocycles. The lowest BCUT2D eigenvalue weighted by atomic mass is 10.1. The molecule has 1 heterocycles. The third-order valence-corrected chi connectivity index (χ3v) is 7.98. The fourth-order valence-corrected chi connectivity index (χ4v) is 6.04. The molecule has 8 nitrogen and oxygen atoms in total. The van der Waals surface area contributed by atoms with Gasteiger partial charge < -0.3 is 9.47 Å². The lowest BCUT2D eigenvalue weighted by Gasteiger charge is -2.16. The number of hydrogen-bond donors (Lipinski definition) is 0. The molecule has 4 aromatic carbocycles. The smallest absolute Gasteiger partial charge is 0.293 e. The van der Waals surface area contributed by atoms with E-state index in [1.54, 1.807) is 30.3 Å². The van der Waals surface area contributed by atoms with Crippen molar-refractivity contribution in [3.63, 3.8) is 0 Å². The van der Waals surface area contributed by atoms with Gasteiger partial charge in [-0.3, -0.25) is 24.6 Å². The van der Waals surface area contributed by atoms with Gasteiger partial charge in [0.1, 0.15) is 6.61 Å². The molecule has 0 saturated carbocycles. The highest BCUT2D eigenvalue weighted by molar-refractivity contribution is 14.1. The first kappa shape index (κ1) is 27.7. The number of hydrogen-bond acceptors (Lipinski definition) is 7. The fraction of sp³-hybridized carbons (Fsp3) is 0.133. The Morgan fingerprint density at radius 1 is 0.975 bits per heavy atom. The van der Waals surface area contributed by atoms with Gasteiger partial charge in [0.2, 0.25) is 0 Å². The molecule has 0 atom stereocenters. The van der Waals surface area contributed by atoms with Gasteiger partial charge in [-0.15, -0.1) is 0 Å². The number of carbonyl (C=O) groups excluding carboxylic acids is 2. The predicted octanol–water partition coefficient (Wildman–Crippen LogP) is 7.57. The van der Waals surface area contributed by atoms with E-state index < -0.39 is 16.1 Å². The molecule has 40 heavy (non-hydrogen) atoms. The van der Waals surface area contributed by atoms with Crippen molar-refractivity contribution < 1.29 is 24.0 Å². The Morgan fingerprint density at radius 3 is 2.50 bits per heavy atom. The number of rotatable bonds is 9. The van der Waals surface area contributed by atoms with Gasteiger partial charge in [0.05, 0.1) is 26.6 Å². The molecule has 0 bridgehead atoms. The quantitative estimate of drug-likeness (QED) is 0.0787. The van der Waals surface area contributed by atoms with Crippen LogP contribution in [-0.4, -0.2) is 27.6 Å². The molecule has 10 heteroatoms. The van der Waals surface area contributed by atoms with E-state index in [0.717, 1.165) is 36.6 Å². The van der Waals surface area contributed by atoms with Crippen molar-refractivity contribution in [1.29, 1.82) is 0 Å². The van der Waals surface area contributed by atoms with E-state index in [2.05, 4.69) is 40.8 Å². The summed E-state index contributed by atoms with van der Waals surface area (Å²) in [5.41, 5.74) is 1.87. The summed E-state index contributed by atoms with van der Waals surface area (Å²) < 4.78 is 12.9. The Balaban J connectivity index is 1.39. The summed E-state index contributed by atoms with van der Waals surface area (Å²) in [4.78, 5) is 37.9. The van der Waals surface area contributed by atoms with Crippen molar-refractivity contribution in [3.05, 3.63) is 114 Å². The Labute approximate surface area is 248 Å². The molecular weight excluding hydrogens is 643 g/mol. The molecule has 0 radical (unpaired) electrons. The number of ether oxygens (including phenoxy) is 2. The van der Waals surface area contributed by atoms with Crippen LogP contribution < -0.4 is 9.47 Å². The second kappa shape index (κ2) is 12.1. The summed E-state index contributed by atoms with van der Waals surface area (Å²) in [6.07, 6.45) is 1.63. The van der Waals surface area contributed by atoms with Crippen LogP contribution >= 0.6 is 34.4 Å². The van der Waals surface area contributed by atoms with Crippen molar-refractivity contribution >= 4 is 68.0 Å². The molecular formula is C30H23IN2O6S. The first-order valence-corrected chi connectivity index (χ1v) is 14.3. The Morgan fingerprint density at radius 2 is 1.70 bits per heavy atom. The molecule has 0 aliphatic carbocycles. The second-order valence-electron chi connectivity index (χ2n) is 8.84. The number of benzene rings is 4. The van der Waals surface area contributed by atoms with Crippen LogP contribution in [0.3, 0.4) is 0 Å². The largest absolute Gasteiger partial charge is 0.490 e. The van der Waals surface area contributed by atoms with Gasteiger partial charge in [-0.1, -0.05) is 60.7 Å². The van der Waals surface area contributed by atoms with E-state index in [1.165, 1.54) is 6.07 Å². The zero-order chi connectivity index (χ0) is 28.2. The minimum atomic E-state index is -0.522. The topological polar surface area (TPSA) is 99.0 Å². The van der Waals surface area contributed by atoms with Gasteiger partial charge in [0, 0.05) is 11.6 Å². The molecule has 2 amide bonds. The zero-order valence-corrected chi connectivity index (χ0v) is 24.3. The van der Waals surface area contributed by atoms with Gasteiger partial charge in [-0.2, -0.15) is 0 Å². The van der Waals surface area contributed by atoms with Gasteiger partial charge in [-0.25, -0.2) is 0 Å². The van der Waals surface area contributed by atoms with Crippen LogP contribution in [0.4, 0.5) is 10.5 Å². The Bertz CT molecular complexity index is 1670. The molecule has 0 aromatic heterocycles. The van der Waals surface area contributed by atoms with Crippen LogP contribution in [0.5, 0.6) is 11.5 Å². The van der Waals surface area contributed by atoms with Gasteiger partial charge in [0.25, 0.3) is 16.8 Å². The highest BCUT2D eigenvalue weighted by atomic mass is 127. The number of imide groups is 1. The van der Waals surface area contributed by atoms with Crippen LogP contribution in [0.15, 0.2) is 83.8 Å². The first-order chi connectivity index (χ1) is 19.4. The molecule has 4 aromatic rings. The number of fused-ring (bicyclic) bond motifs is 1. The summed E-state index contributed by atoms with van der Waals surface area (Å²) in [5, 5.41) is 13.1. The SMILES string of the molecule is CCOc1cc(C=C2SC(=O)N(Cc3ccccc3[N+](=O)[O-])C2=O)cc(I)c1OCc1cccc2ccccc12. The summed E-state index contributed by atoms with van der Waals surface area (Å²) in [7, 11) is 0. The average molecular weight is 666 g/mol. The lowest BCUT2D eigenvalue weighted by Crippen LogP contribution is -2.27. The van der Waals surface area contributed by atoms with E-state index in [1.807, 2.05) is 37.3 Å². The van der Waals surface area contributed by atoms with E-state index >= 15 is 0 Å². The van der Waals surface area contributed by atoms with E-state index in [-0.39, 0.29) is 22.7 Å². The number of para-hydroxylation sites is 1. The molecule has 1 aliphatic rings. The number of nitrogens with zero attached hydrogens (tertiary/aromatic N) is 2. The van der Waals surface area contributed by atoms with E-state index in [9.17, 15) is 19.7 Å². The Kier molecular flexibility index (Phi) is 8.36. The summed E-state index contributed by atoms with van der Waals surface area (Å²) in [6, 6.07) is 23.9. The average Bonchev–Trinajstić information content (AvgIpc) is 3.20. The predicted molar refractivity (Wildman–Crippen MR) is 163 cm³/mol. The summed E-state index contributed by atoms with van der Waals surface area (Å²) >= 11 is 2.97. The zero-order valence-electron chi connectivity index (χ0n) is 21.3. The molecule has 1 fully saturated rings. The number of nitro benzene ring substituents is 1. The third kappa shape index (κ3) is 5.82. The molecule has 0 N–H and O–H groups in total. The number of nitro groups is 1. The summed E-state index contributed by atoms with van der Waals surface area (Å²) in [6.45, 7) is 2.46. The maximum Gasteiger partial charge on any atom is 0.293 e. The standard InChI is InChI=1S/C30H23IN2O6S/c1-2-38-26-15-19(14-24(31)28(26)39-18-22-11-7-10-20-8-3-5-12-23(20)22)16-27-29(34)32(30(35)40-27)17-21-9-4-6-13-25(21)33(36)37/h3-16H,2,17-18H2,1H3. The first-order valence-electron chi connectivity index (χ1n) is 12.4. The monoisotopic (exact) mass is 666 g/mol. The van der Waals surface area contributed by atoms with E-state index in [0.29, 0.717) is 30.3 Å². The number of amides is 2.